The Morgan fingerprint density at radius 1 is 0.656 bits per heavy atom. The molecule has 5 aliphatic rings. The second-order valence-corrected chi connectivity index (χ2v) is 23.3. The number of carbonyl (C=O) groups is 7. The predicted molar refractivity (Wildman–Crippen MR) is 327 cm³/mol. The molecule has 11 atom stereocenters. The number of aliphatic hydroxyl groups is 5. The van der Waals surface area contributed by atoms with Crippen molar-refractivity contribution in [1.29, 1.82) is 0 Å². The van der Waals surface area contributed by atoms with Crippen LogP contribution in [-0.4, -0.2) is 177 Å². The van der Waals surface area contributed by atoms with Crippen molar-refractivity contribution in [2.75, 3.05) is 42.5 Å². The first-order valence-electron chi connectivity index (χ1n) is 29.8. The molecule has 0 aromatic heterocycles. The van der Waals surface area contributed by atoms with Gasteiger partial charge in [-0.2, -0.15) is 0 Å². The van der Waals surface area contributed by atoms with Gasteiger partial charge in [-0.1, -0.05) is 43.2 Å². The summed E-state index contributed by atoms with van der Waals surface area (Å²) in [4.78, 5) is 110. The molecule has 0 spiro atoms. The van der Waals surface area contributed by atoms with Crippen molar-refractivity contribution in [3.05, 3.63) is 117 Å². The number of carbonyl (C=O) groups excluding carboxylic acids is 6. The number of carboxylic acid groups (broad SMARTS) is 1. The largest absolute Gasteiger partial charge is 0.493 e. The van der Waals surface area contributed by atoms with Gasteiger partial charge < -0.3 is 94.7 Å². The molecule has 30 nitrogen and oxygen atoms in total. The van der Waals surface area contributed by atoms with Gasteiger partial charge in [-0.15, -0.1) is 4.91 Å². The van der Waals surface area contributed by atoms with Crippen molar-refractivity contribution in [3.8, 4) is 28.7 Å². The standard InChI is InChI=1S/C63H74N8O22/c1-30(2)49(64)55(76)65-33(5)54(75)66-36-14-11-34(12-15-36)28-90-62(83)70-40-24-47(45(86-6)22-37(40)56(77)68-26-31(3)19-42(68)58(70)79)88-17-9-8-10-18-89-48-25-41-38(23-46(48)87-7)57(78)69-27-32(4)20-43(69)59(80)71(41)63(84)91-29-35-13-16-44(39(21-35)67-85)92-61-52(74)50(72)51(73)53(93-61)60(81)82/h11-16,21-27,30,33,42-43,49-53,58-59,61,72-74,79-80H,8-10,17-20,28-29,64H2,1-7H3,(H,65,76)(H,66,75)(H,81,82)/t33-,42-,43-,49-,50-,51-,52+,53-,58-,59-,61+/m0/s1. The Hall–Kier alpha value is -9.43. The number of ether oxygens (including phenoxy) is 8. The summed E-state index contributed by atoms with van der Waals surface area (Å²) in [6, 6.07) is 12.3. The maximum Gasteiger partial charge on any atom is 0.416 e. The van der Waals surface area contributed by atoms with Crippen LogP contribution in [0.15, 0.2) is 95.5 Å². The minimum Gasteiger partial charge on any atom is -0.493 e. The van der Waals surface area contributed by atoms with Gasteiger partial charge in [0, 0.05) is 30.2 Å². The van der Waals surface area contributed by atoms with Gasteiger partial charge in [0.05, 0.1) is 68.1 Å². The Balaban J connectivity index is 0.843. The van der Waals surface area contributed by atoms with E-state index in [-0.39, 0.29) is 95.4 Å². The Morgan fingerprint density at radius 2 is 1.16 bits per heavy atom. The Labute approximate surface area is 532 Å². The third-order valence-corrected chi connectivity index (χ3v) is 16.3. The predicted octanol–water partition coefficient (Wildman–Crippen LogP) is 4.61. The molecule has 5 aliphatic heterocycles. The fraction of sp³-hybridized carbons (Fsp3) is 0.444. The molecule has 9 rings (SSSR count). The highest BCUT2D eigenvalue weighted by Gasteiger charge is 2.50. The number of nitrogens with two attached hydrogens (primary N) is 1. The lowest BCUT2D eigenvalue weighted by Crippen LogP contribution is -2.61. The molecule has 0 radical (unpaired) electrons. The molecule has 0 unspecified atom stereocenters. The van der Waals surface area contributed by atoms with Crippen molar-refractivity contribution < 1.29 is 102 Å². The van der Waals surface area contributed by atoms with E-state index in [9.17, 15) is 69.1 Å². The van der Waals surface area contributed by atoms with Crippen molar-refractivity contribution in [2.24, 2.45) is 16.8 Å². The average molecular weight is 1300 g/mol. The SMILES string of the molecule is COc1cc2c(cc1OCCCCCOc1cc3c(cc1OC)C(=O)N1C=C(C)C[C@H]1[C@H](O)N3C(=O)OCc1ccc(O[C@@H]3O[C@H](C(=O)O)[C@@H](O)[C@H](O)[C@H]3O)c(N=O)c1)N(C(=O)OCc1ccc(NC(=O)[C@H](C)NC(=O)[C@@H](N)C(C)C)cc1)[C@@H](O)[C@@H]1CC(C)=CN1C2=O. The molecular formula is C63H74N8O22. The summed E-state index contributed by atoms with van der Waals surface area (Å²) in [5.41, 5.74) is 8.04. The molecule has 93 heavy (non-hydrogen) atoms. The fourth-order valence-corrected chi connectivity index (χ4v) is 11.1. The van der Waals surface area contributed by atoms with Gasteiger partial charge in [0.2, 0.25) is 18.1 Å². The topological polar surface area (TPSA) is 407 Å². The summed E-state index contributed by atoms with van der Waals surface area (Å²) in [6.45, 7) is 8.06. The molecular weight excluding hydrogens is 1220 g/mol. The van der Waals surface area contributed by atoms with Crippen LogP contribution in [0.3, 0.4) is 0 Å². The van der Waals surface area contributed by atoms with Crippen molar-refractivity contribution >= 4 is 64.5 Å². The number of anilines is 3. The molecule has 498 valence electrons. The minimum atomic E-state index is -2.00. The van der Waals surface area contributed by atoms with Gasteiger partial charge in [0.25, 0.3) is 11.8 Å². The van der Waals surface area contributed by atoms with Crippen LogP contribution in [0.5, 0.6) is 28.7 Å². The lowest BCUT2D eigenvalue weighted by Gasteiger charge is -2.38. The van der Waals surface area contributed by atoms with Crippen LogP contribution in [-0.2, 0) is 41.8 Å². The molecule has 5 heterocycles. The number of amides is 6. The number of methoxy groups -OCH3 is 2. The summed E-state index contributed by atoms with van der Waals surface area (Å²) in [5.74, 6) is -3.58. The van der Waals surface area contributed by atoms with Crippen LogP contribution in [0.4, 0.5) is 32.3 Å². The van der Waals surface area contributed by atoms with Gasteiger partial charge in [0.15, 0.2) is 47.3 Å². The number of fused-ring (bicyclic) bond motifs is 4. The first-order valence-corrected chi connectivity index (χ1v) is 29.8. The van der Waals surface area contributed by atoms with Crippen LogP contribution in [0.25, 0.3) is 0 Å². The van der Waals surface area contributed by atoms with Gasteiger partial charge in [-0.25, -0.2) is 24.2 Å². The van der Waals surface area contributed by atoms with E-state index < -0.39 is 121 Å². The summed E-state index contributed by atoms with van der Waals surface area (Å²) < 4.78 is 45.9. The van der Waals surface area contributed by atoms with E-state index in [1.807, 2.05) is 0 Å². The summed E-state index contributed by atoms with van der Waals surface area (Å²) in [5, 5.41) is 72.3. The summed E-state index contributed by atoms with van der Waals surface area (Å²) in [7, 11) is 2.75. The van der Waals surface area contributed by atoms with Crippen LogP contribution in [0, 0.1) is 10.8 Å². The average Bonchev–Trinajstić information content (AvgIpc) is 1.66. The highest BCUT2D eigenvalue weighted by Crippen LogP contribution is 2.45. The van der Waals surface area contributed by atoms with E-state index in [0.717, 1.165) is 27.0 Å². The van der Waals surface area contributed by atoms with E-state index in [1.165, 1.54) is 67.3 Å². The second kappa shape index (κ2) is 29.0. The normalized spacial score (nSPS) is 22.9. The number of rotatable bonds is 23. The number of unbranched alkanes of at least 4 members (excludes halogenated alkanes) is 2. The molecule has 1 fully saturated rings. The van der Waals surface area contributed by atoms with Crippen LogP contribution in [0.2, 0.25) is 0 Å². The zero-order valence-corrected chi connectivity index (χ0v) is 51.8. The maximum absolute atomic E-state index is 14.3. The van der Waals surface area contributed by atoms with E-state index in [0.29, 0.717) is 30.5 Å². The Morgan fingerprint density at radius 3 is 1.65 bits per heavy atom. The lowest BCUT2D eigenvalue weighted by atomic mass is 9.99. The van der Waals surface area contributed by atoms with E-state index in [2.05, 4.69) is 15.8 Å². The number of nitroso groups, excluding NO2 is 1. The number of carboxylic acids is 1. The van der Waals surface area contributed by atoms with Gasteiger partial charge >= 0.3 is 18.2 Å². The van der Waals surface area contributed by atoms with E-state index >= 15 is 0 Å². The molecule has 0 saturated carbocycles. The number of nitrogens with zero attached hydrogens (tertiary/aromatic N) is 5. The first-order chi connectivity index (χ1) is 44.3. The number of aliphatic carboxylic acids is 1. The number of benzene rings is 4. The van der Waals surface area contributed by atoms with E-state index in [1.54, 1.807) is 64.4 Å². The zero-order valence-electron chi connectivity index (χ0n) is 51.8. The second-order valence-electron chi connectivity index (χ2n) is 23.3. The Kier molecular flexibility index (Phi) is 21.2. The van der Waals surface area contributed by atoms with Crippen LogP contribution < -0.4 is 49.9 Å². The van der Waals surface area contributed by atoms with Crippen LogP contribution in [0.1, 0.15) is 98.6 Å². The van der Waals surface area contributed by atoms with Gasteiger partial charge in [0.1, 0.15) is 43.3 Å². The highest BCUT2D eigenvalue weighted by molar-refractivity contribution is 6.08. The smallest absolute Gasteiger partial charge is 0.416 e. The van der Waals surface area contributed by atoms with E-state index in [4.69, 9.17) is 43.6 Å². The number of hydrogen-bond acceptors (Lipinski definition) is 23. The lowest BCUT2D eigenvalue weighted by molar-refractivity contribution is -0.271. The molecule has 10 N–H and O–H groups in total. The summed E-state index contributed by atoms with van der Waals surface area (Å²) >= 11 is 0. The van der Waals surface area contributed by atoms with Crippen molar-refractivity contribution in [1.82, 2.24) is 15.1 Å². The molecule has 0 aliphatic carbocycles. The van der Waals surface area contributed by atoms with Gasteiger partial charge in [-0.05, 0) is 111 Å². The Bertz CT molecular complexity index is 3580. The quantitative estimate of drug-likeness (QED) is 0.0361. The molecule has 4 aromatic carbocycles. The zero-order chi connectivity index (χ0) is 67.3. The molecule has 0 bridgehead atoms. The fourth-order valence-electron chi connectivity index (χ4n) is 11.1. The summed E-state index contributed by atoms with van der Waals surface area (Å²) in [6.07, 6.45) is -10.1. The third-order valence-electron chi connectivity index (χ3n) is 16.3. The molecule has 6 amide bonds. The minimum absolute atomic E-state index is 0.00143. The van der Waals surface area contributed by atoms with Gasteiger partial charge in [-0.3, -0.25) is 19.2 Å². The monoisotopic (exact) mass is 1290 g/mol. The molecule has 4 aromatic rings. The maximum atomic E-state index is 14.3. The number of aliphatic hydroxyl groups excluding tert-OH is 5. The first kappa shape index (κ1) is 67.9. The van der Waals surface area contributed by atoms with Crippen molar-refractivity contribution in [2.45, 2.75) is 147 Å². The highest BCUT2D eigenvalue weighted by atomic mass is 16.7. The van der Waals surface area contributed by atoms with Crippen LogP contribution >= 0.6 is 0 Å². The molecule has 30 heteroatoms. The number of hydrogen-bond donors (Lipinski definition) is 9. The molecule has 1 saturated heterocycles. The van der Waals surface area contributed by atoms with Crippen molar-refractivity contribution in [3.63, 3.8) is 0 Å². The third kappa shape index (κ3) is 14.6. The number of nitrogens with one attached hydrogen (secondary N) is 2.